The lowest BCUT2D eigenvalue weighted by Gasteiger charge is -2.14. The molecule has 0 saturated carbocycles. The van der Waals surface area contributed by atoms with Gasteiger partial charge in [-0.1, -0.05) is 115 Å². The molecule has 0 atom stereocenters. The van der Waals surface area contributed by atoms with Crippen LogP contribution in [-0.2, 0) is 0 Å². The van der Waals surface area contributed by atoms with E-state index in [1.807, 2.05) is 6.07 Å². The number of fused-ring (bicyclic) bond motifs is 7. The van der Waals surface area contributed by atoms with Crippen molar-refractivity contribution in [1.29, 1.82) is 0 Å². The fourth-order valence-electron chi connectivity index (χ4n) is 6.49. The lowest BCUT2D eigenvalue weighted by Crippen LogP contribution is -2.03. The molecule has 0 saturated heterocycles. The second-order valence-electron chi connectivity index (χ2n) is 10.6. The van der Waals surface area contributed by atoms with Gasteiger partial charge in [-0.05, 0) is 50.9 Å². The first-order valence-electron chi connectivity index (χ1n) is 14.1. The van der Waals surface area contributed by atoms with Gasteiger partial charge in [-0.15, -0.1) is 0 Å². The molecule has 196 valence electrons. The first-order valence-corrected chi connectivity index (χ1v) is 14.1. The monoisotopic (exact) mass is 537 g/mol. The van der Waals surface area contributed by atoms with Crippen molar-refractivity contribution in [1.82, 2.24) is 14.5 Å². The third-order valence-electron chi connectivity index (χ3n) is 8.34. The molecule has 4 heteroatoms. The van der Waals surface area contributed by atoms with Gasteiger partial charge in [0.2, 0.25) is 11.7 Å². The Balaban J connectivity index is 1.36. The van der Waals surface area contributed by atoms with Gasteiger partial charge in [0.25, 0.3) is 0 Å². The average Bonchev–Trinajstić information content (AvgIpc) is 3.67. The topological polar surface area (TPSA) is 43.9 Å². The van der Waals surface area contributed by atoms with Gasteiger partial charge in [0.15, 0.2) is 0 Å². The average molecular weight is 538 g/mol. The van der Waals surface area contributed by atoms with Gasteiger partial charge in [-0.3, -0.25) is 4.57 Å². The van der Waals surface area contributed by atoms with Crippen molar-refractivity contribution in [3.8, 4) is 28.3 Å². The fourth-order valence-corrected chi connectivity index (χ4v) is 6.49. The van der Waals surface area contributed by atoms with Crippen molar-refractivity contribution in [2.45, 2.75) is 0 Å². The van der Waals surface area contributed by atoms with Crippen molar-refractivity contribution in [2.75, 3.05) is 0 Å². The Kier molecular flexibility index (Phi) is 4.87. The van der Waals surface area contributed by atoms with Crippen LogP contribution in [0.25, 0.3) is 82.8 Å². The second kappa shape index (κ2) is 8.88. The van der Waals surface area contributed by atoms with Crippen LogP contribution in [0.4, 0.5) is 0 Å². The minimum atomic E-state index is 0.564. The summed E-state index contributed by atoms with van der Waals surface area (Å²) in [6.07, 6.45) is 1.70. The highest BCUT2D eigenvalue weighted by Crippen LogP contribution is 2.40. The zero-order valence-corrected chi connectivity index (χ0v) is 22.5. The second-order valence-corrected chi connectivity index (χ2v) is 10.6. The lowest BCUT2D eigenvalue weighted by atomic mass is 9.92. The van der Waals surface area contributed by atoms with E-state index >= 15 is 0 Å². The van der Waals surface area contributed by atoms with Gasteiger partial charge < -0.3 is 4.42 Å². The molecule has 4 nitrogen and oxygen atoms in total. The summed E-state index contributed by atoms with van der Waals surface area (Å²) in [5.74, 6) is 0.585. The summed E-state index contributed by atoms with van der Waals surface area (Å²) < 4.78 is 8.13. The SMILES string of the molecule is c1ccc(-c2nc(-n3c4ccccc4c4c5ccccc5ccc43)nc3occc23)c(-c2cccc3ccccc23)c1. The zero-order chi connectivity index (χ0) is 27.6. The van der Waals surface area contributed by atoms with Crippen molar-refractivity contribution in [3.05, 3.63) is 140 Å². The van der Waals surface area contributed by atoms with Gasteiger partial charge in [-0.2, -0.15) is 4.98 Å². The van der Waals surface area contributed by atoms with Crippen LogP contribution in [-0.4, -0.2) is 14.5 Å². The third-order valence-corrected chi connectivity index (χ3v) is 8.34. The molecule has 0 aliphatic rings. The van der Waals surface area contributed by atoms with E-state index in [-0.39, 0.29) is 0 Å². The smallest absolute Gasteiger partial charge is 0.238 e. The highest BCUT2D eigenvalue weighted by molar-refractivity contribution is 6.21. The molecule has 9 aromatic rings. The van der Waals surface area contributed by atoms with Crippen molar-refractivity contribution >= 4 is 54.5 Å². The number of hydrogen-bond acceptors (Lipinski definition) is 3. The molecular weight excluding hydrogens is 514 g/mol. The summed E-state index contributed by atoms with van der Waals surface area (Å²) in [5, 5.41) is 8.09. The van der Waals surface area contributed by atoms with E-state index in [1.54, 1.807) is 6.26 Å². The summed E-state index contributed by atoms with van der Waals surface area (Å²) in [6, 6.07) is 46.8. The predicted molar refractivity (Wildman–Crippen MR) is 172 cm³/mol. The molecule has 3 aromatic heterocycles. The molecule has 0 aliphatic heterocycles. The summed E-state index contributed by atoms with van der Waals surface area (Å²) >= 11 is 0. The van der Waals surface area contributed by atoms with Gasteiger partial charge in [0.05, 0.1) is 28.4 Å². The molecule has 3 heterocycles. The quantitative estimate of drug-likeness (QED) is 0.225. The Bertz CT molecular complexity index is 2480. The number of hydrogen-bond donors (Lipinski definition) is 0. The largest absolute Gasteiger partial charge is 0.446 e. The molecule has 42 heavy (non-hydrogen) atoms. The van der Waals surface area contributed by atoms with Crippen LogP contribution in [0.3, 0.4) is 0 Å². The molecule has 0 spiro atoms. The first kappa shape index (κ1) is 23.0. The van der Waals surface area contributed by atoms with E-state index in [9.17, 15) is 0 Å². The summed E-state index contributed by atoms with van der Waals surface area (Å²) in [7, 11) is 0. The maximum atomic E-state index is 5.96. The fraction of sp³-hybridized carbons (Fsp3) is 0. The van der Waals surface area contributed by atoms with E-state index in [0.717, 1.165) is 33.2 Å². The number of nitrogens with zero attached hydrogens (tertiary/aromatic N) is 3. The standard InChI is InChI=1S/C38H23N3O/c1-3-13-26-24(10-1)12-9-18-28(26)29-15-5-6-16-30(29)36-32-22-23-42-37(32)40-38(39-36)41-33-19-8-7-17-31(33)35-27-14-4-2-11-25(27)20-21-34(35)41/h1-23H. The van der Waals surface area contributed by atoms with Crippen LogP contribution in [0.1, 0.15) is 0 Å². The zero-order valence-electron chi connectivity index (χ0n) is 22.5. The van der Waals surface area contributed by atoms with Crippen LogP contribution < -0.4 is 0 Å². The van der Waals surface area contributed by atoms with Crippen LogP contribution >= 0.6 is 0 Å². The normalized spacial score (nSPS) is 11.8. The summed E-state index contributed by atoms with van der Waals surface area (Å²) in [4.78, 5) is 10.3. The minimum Gasteiger partial charge on any atom is -0.446 e. The molecule has 0 radical (unpaired) electrons. The highest BCUT2D eigenvalue weighted by atomic mass is 16.3. The molecule has 0 fully saturated rings. The molecule has 0 bridgehead atoms. The van der Waals surface area contributed by atoms with E-state index in [0.29, 0.717) is 11.7 Å². The van der Waals surface area contributed by atoms with Gasteiger partial charge >= 0.3 is 0 Å². The van der Waals surface area contributed by atoms with E-state index < -0.39 is 0 Å². The number of furan rings is 1. The number of para-hydroxylation sites is 1. The molecule has 0 amide bonds. The molecule has 0 aliphatic carbocycles. The van der Waals surface area contributed by atoms with Gasteiger partial charge in [-0.25, -0.2) is 4.98 Å². The third kappa shape index (κ3) is 3.29. The van der Waals surface area contributed by atoms with Crippen molar-refractivity contribution < 1.29 is 4.42 Å². The van der Waals surface area contributed by atoms with E-state index in [4.69, 9.17) is 14.4 Å². The maximum Gasteiger partial charge on any atom is 0.238 e. The molecule has 6 aromatic carbocycles. The van der Waals surface area contributed by atoms with Crippen LogP contribution in [0.2, 0.25) is 0 Å². The van der Waals surface area contributed by atoms with Crippen molar-refractivity contribution in [3.63, 3.8) is 0 Å². The summed E-state index contributed by atoms with van der Waals surface area (Å²) in [5.41, 5.74) is 6.86. The van der Waals surface area contributed by atoms with Gasteiger partial charge in [0.1, 0.15) is 0 Å². The molecule has 0 unspecified atom stereocenters. The number of aromatic nitrogens is 3. The number of benzene rings is 6. The van der Waals surface area contributed by atoms with Crippen LogP contribution in [0.5, 0.6) is 0 Å². The van der Waals surface area contributed by atoms with Crippen LogP contribution in [0, 0.1) is 0 Å². The predicted octanol–water partition coefficient (Wildman–Crippen LogP) is 9.96. The number of rotatable bonds is 3. The molecular formula is C38H23N3O. The highest BCUT2D eigenvalue weighted by Gasteiger charge is 2.21. The molecule has 9 rings (SSSR count). The first-order chi connectivity index (χ1) is 20.8. The Morgan fingerprint density at radius 2 is 1.12 bits per heavy atom. The lowest BCUT2D eigenvalue weighted by molar-refractivity contribution is 0.601. The van der Waals surface area contributed by atoms with Gasteiger partial charge in [0, 0.05) is 16.3 Å². The Morgan fingerprint density at radius 3 is 2.00 bits per heavy atom. The minimum absolute atomic E-state index is 0.564. The Labute approximate surface area is 241 Å². The summed E-state index contributed by atoms with van der Waals surface area (Å²) in [6.45, 7) is 0. The van der Waals surface area contributed by atoms with Crippen LogP contribution in [0.15, 0.2) is 144 Å². The molecule has 0 N–H and O–H groups in total. The Hall–Kier alpha value is -5.74. The van der Waals surface area contributed by atoms with E-state index in [1.165, 1.54) is 37.9 Å². The van der Waals surface area contributed by atoms with Crippen molar-refractivity contribution in [2.24, 2.45) is 0 Å². The van der Waals surface area contributed by atoms with E-state index in [2.05, 4.69) is 132 Å². The Morgan fingerprint density at radius 1 is 0.452 bits per heavy atom. The maximum absolute atomic E-state index is 5.96.